The van der Waals surface area contributed by atoms with Crippen molar-refractivity contribution in [2.45, 2.75) is 0 Å². The van der Waals surface area contributed by atoms with Gasteiger partial charge in [0.05, 0.1) is 12.3 Å². The van der Waals surface area contributed by atoms with E-state index in [0.717, 1.165) is 5.69 Å². The first-order valence-corrected chi connectivity index (χ1v) is 4.05. The lowest BCUT2D eigenvalue weighted by Crippen LogP contribution is -2.23. The molecule has 0 fully saturated rings. The largest absolute Gasteiger partial charge is 0.395 e. The lowest BCUT2D eigenvalue weighted by molar-refractivity contribution is 0.303. The fourth-order valence-corrected chi connectivity index (χ4v) is 0.910. The first-order chi connectivity index (χ1) is 6.27. The van der Waals surface area contributed by atoms with E-state index in [1.54, 1.807) is 23.2 Å². The molecule has 0 atom stereocenters. The number of aromatic nitrogens is 2. The van der Waals surface area contributed by atoms with Crippen LogP contribution >= 0.6 is 0 Å². The topological polar surface area (TPSA) is 49.2 Å². The molecule has 0 radical (unpaired) electrons. The minimum absolute atomic E-state index is 0.0954. The summed E-state index contributed by atoms with van der Waals surface area (Å²) in [6.45, 7) is 4.24. The molecule has 13 heavy (non-hydrogen) atoms. The molecule has 0 aliphatic carbocycles. The fourth-order valence-electron chi connectivity index (χ4n) is 0.910. The molecule has 0 aliphatic heterocycles. The first-order valence-electron chi connectivity index (χ1n) is 4.05. The molecular formula is C9H13N3O. The maximum absolute atomic E-state index is 8.71. The lowest BCUT2D eigenvalue weighted by Gasteiger charge is -2.14. The highest BCUT2D eigenvalue weighted by atomic mass is 16.3. The van der Waals surface area contributed by atoms with E-state index in [9.17, 15) is 0 Å². The van der Waals surface area contributed by atoms with Gasteiger partial charge in [0, 0.05) is 19.8 Å². The van der Waals surface area contributed by atoms with Crippen molar-refractivity contribution >= 4 is 12.0 Å². The monoisotopic (exact) mass is 179 g/mol. The molecule has 4 heteroatoms. The van der Waals surface area contributed by atoms with Gasteiger partial charge in [-0.25, -0.2) is 9.97 Å². The lowest BCUT2D eigenvalue weighted by atomic mass is 10.4. The van der Waals surface area contributed by atoms with Crippen molar-refractivity contribution < 1.29 is 5.11 Å². The Morgan fingerprint density at radius 3 is 3.08 bits per heavy atom. The quantitative estimate of drug-likeness (QED) is 0.733. The van der Waals surface area contributed by atoms with Gasteiger partial charge in [-0.15, -0.1) is 0 Å². The van der Waals surface area contributed by atoms with Crippen LogP contribution in [0.2, 0.25) is 0 Å². The van der Waals surface area contributed by atoms with Gasteiger partial charge in [-0.2, -0.15) is 0 Å². The maximum atomic E-state index is 8.71. The number of hydrogen-bond donors (Lipinski definition) is 1. The number of aliphatic hydroxyl groups excluding tert-OH is 1. The summed E-state index contributed by atoms with van der Waals surface area (Å²) in [4.78, 5) is 10.0. The second-order valence-electron chi connectivity index (χ2n) is 2.63. The number of anilines is 1. The number of aliphatic hydroxyl groups is 1. The molecular weight excluding hydrogens is 166 g/mol. The van der Waals surface area contributed by atoms with E-state index in [0.29, 0.717) is 12.5 Å². The standard InChI is InChI=1S/C9H13N3O/c1-3-8-4-5-10-9(11-8)12(2)6-7-13/h3-5,13H,1,6-7H2,2H3. The second-order valence-corrected chi connectivity index (χ2v) is 2.63. The summed E-state index contributed by atoms with van der Waals surface area (Å²) >= 11 is 0. The van der Waals surface area contributed by atoms with Crippen molar-refractivity contribution in [1.82, 2.24) is 9.97 Å². The van der Waals surface area contributed by atoms with Gasteiger partial charge in [0.15, 0.2) is 0 Å². The molecule has 0 aliphatic rings. The summed E-state index contributed by atoms with van der Waals surface area (Å²) in [5.41, 5.74) is 0.787. The molecule has 0 aromatic carbocycles. The second kappa shape index (κ2) is 4.57. The van der Waals surface area contributed by atoms with Crippen molar-refractivity contribution in [2.75, 3.05) is 25.1 Å². The minimum atomic E-state index is 0.0954. The molecule has 0 unspecified atom stereocenters. The third-order valence-electron chi connectivity index (χ3n) is 1.65. The number of hydrogen-bond acceptors (Lipinski definition) is 4. The van der Waals surface area contributed by atoms with E-state index >= 15 is 0 Å². The molecule has 1 aromatic heterocycles. The molecule has 1 heterocycles. The molecule has 4 nitrogen and oxygen atoms in total. The van der Waals surface area contributed by atoms with Crippen LogP contribution in [0.25, 0.3) is 6.08 Å². The number of nitrogens with zero attached hydrogens (tertiary/aromatic N) is 3. The van der Waals surface area contributed by atoms with E-state index in [-0.39, 0.29) is 6.61 Å². The van der Waals surface area contributed by atoms with E-state index < -0.39 is 0 Å². The van der Waals surface area contributed by atoms with Crippen LogP contribution in [0.1, 0.15) is 5.69 Å². The van der Waals surface area contributed by atoms with E-state index in [2.05, 4.69) is 16.5 Å². The minimum Gasteiger partial charge on any atom is -0.395 e. The van der Waals surface area contributed by atoms with Crippen LogP contribution in [0.5, 0.6) is 0 Å². The number of likely N-dealkylation sites (N-methyl/N-ethyl adjacent to an activating group) is 1. The highest BCUT2D eigenvalue weighted by Gasteiger charge is 2.02. The zero-order valence-corrected chi connectivity index (χ0v) is 7.64. The summed E-state index contributed by atoms with van der Waals surface area (Å²) in [6, 6.07) is 1.78. The third-order valence-corrected chi connectivity index (χ3v) is 1.65. The zero-order chi connectivity index (χ0) is 9.68. The van der Waals surface area contributed by atoms with Crippen LogP contribution in [0.4, 0.5) is 5.95 Å². The van der Waals surface area contributed by atoms with Crippen LogP contribution in [-0.2, 0) is 0 Å². The van der Waals surface area contributed by atoms with E-state index in [1.165, 1.54) is 0 Å². The Morgan fingerprint density at radius 1 is 1.69 bits per heavy atom. The Bertz CT molecular complexity index is 288. The van der Waals surface area contributed by atoms with Crippen molar-refractivity contribution in [3.05, 3.63) is 24.5 Å². The Morgan fingerprint density at radius 2 is 2.46 bits per heavy atom. The molecule has 70 valence electrons. The average molecular weight is 179 g/mol. The molecule has 0 saturated carbocycles. The van der Waals surface area contributed by atoms with Gasteiger partial charge in [0.25, 0.3) is 0 Å². The molecule has 0 bridgehead atoms. The van der Waals surface area contributed by atoms with Crippen LogP contribution in [0.3, 0.4) is 0 Å². The number of rotatable bonds is 4. The van der Waals surface area contributed by atoms with Crippen molar-refractivity contribution in [1.29, 1.82) is 0 Å². The molecule has 0 saturated heterocycles. The normalized spacial score (nSPS) is 9.69. The van der Waals surface area contributed by atoms with Gasteiger partial charge >= 0.3 is 0 Å². The van der Waals surface area contributed by atoms with Gasteiger partial charge in [-0.1, -0.05) is 6.58 Å². The molecule has 0 spiro atoms. The van der Waals surface area contributed by atoms with E-state index in [1.807, 2.05) is 7.05 Å². The predicted molar refractivity (Wildman–Crippen MR) is 52.5 cm³/mol. The molecule has 1 N–H and O–H groups in total. The van der Waals surface area contributed by atoms with Crippen molar-refractivity contribution in [3.63, 3.8) is 0 Å². The summed E-state index contributed by atoms with van der Waals surface area (Å²) in [5, 5.41) is 8.71. The van der Waals surface area contributed by atoms with Gasteiger partial charge in [0.2, 0.25) is 5.95 Å². The van der Waals surface area contributed by atoms with Crippen LogP contribution in [0, 0.1) is 0 Å². The van der Waals surface area contributed by atoms with Gasteiger partial charge in [0.1, 0.15) is 0 Å². The molecule has 1 aromatic rings. The van der Waals surface area contributed by atoms with Crippen LogP contribution in [-0.4, -0.2) is 35.3 Å². The Kier molecular flexibility index (Phi) is 3.40. The van der Waals surface area contributed by atoms with Crippen LogP contribution < -0.4 is 4.90 Å². The highest BCUT2D eigenvalue weighted by Crippen LogP contribution is 2.05. The summed E-state index contributed by atoms with van der Waals surface area (Å²) in [5.74, 6) is 0.603. The Labute approximate surface area is 77.6 Å². The van der Waals surface area contributed by atoms with Crippen molar-refractivity contribution in [3.8, 4) is 0 Å². The summed E-state index contributed by atoms with van der Waals surface area (Å²) in [7, 11) is 1.83. The smallest absolute Gasteiger partial charge is 0.225 e. The van der Waals surface area contributed by atoms with Gasteiger partial charge < -0.3 is 10.0 Å². The highest BCUT2D eigenvalue weighted by molar-refractivity contribution is 5.43. The Balaban J connectivity index is 2.81. The van der Waals surface area contributed by atoms with Gasteiger partial charge in [-0.05, 0) is 12.1 Å². The summed E-state index contributed by atoms with van der Waals surface area (Å²) in [6.07, 6.45) is 3.34. The predicted octanol–water partition coefficient (Wildman–Crippen LogP) is 0.548. The SMILES string of the molecule is C=Cc1ccnc(N(C)CCO)n1. The molecule has 1 rings (SSSR count). The van der Waals surface area contributed by atoms with Crippen LogP contribution in [0.15, 0.2) is 18.8 Å². The summed E-state index contributed by atoms with van der Waals surface area (Å²) < 4.78 is 0. The van der Waals surface area contributed by atoms with Gasteiger partial charge in [-0.3, -0.25) is 0 Å². The zero-order valence-electron chi connectivity index (χ0n) is 7.64. The third kappa shape index (κ3) is 2.52. The fraction of sp³-hybridized carbons (Fsp3) is 0.333. The van der Waals surface area contributed by atoms with E-state index in [4.69, 9.17) is 5.11 Å². The maximum Gasteiger partial charge on any atom is 0.225 e. The molecule has 0 amide bonds. The Hall–Kier alpha value is -1.42. The average Bonchev–Trinajstić information content (AvgIpc) is 2.18. The van der Waals surface area contributed by atoms with Crippen molar-refractivity contribution in [2.24, 2.45) is 0 Å². The first kappa shape index (κ1) is 9.67.